The normalized spacial score (nSPS) is 10.6. The van der Waals surface area contributed by atoms with E-state index in [1.165, 1.54) is 0 Å². The van der Waals surface area contributed by atoms with Gasteiger partial charge in [0.1, 0.15) is 11.4 Å². The Kier molecular flexibility index (Phi) is 5.69. The van der Waals surface area contributed by atoms with Crippen molar-refractivity contribution in [1.29, 1.82) is 0 Å². The van der Waals surface area contributed by atoms with E-state index in [1.54, 1.807) is 35.3 Å². The molecule has 130 valence electrons. The standard InChI is InChI=1S/C17H18ClN5O2/c18-14-4-1-5-15(12-14)25-13-23-11-6-16(21-23)17(24)19-7-2-9-22-10-3-8-20-22/h1,3-6,8,10-12H,2,7,9,13H2,(H,19,24). The Labute approximate surface area is 150 Å². The van der Waals surface area contributed by atoms with Crippen LogP contribution in [0.25, 0.3) is 0 Å². The molecule has 1 amide bonds. The quantitative estimate of drug-likeness (QED) is 0.627. The first-order chi connectivity index (χ1) is 12.2. The predicted molar refractivity (Wildman–Crippen MR) is 93.5 cm³/mol. The number of aryl methyl sites for hydroxylation is 1. The fourth-order valence-electron chi connectivity index (χ4n) is 2.22. The molecule has 3 rings (SSSR count). The number of hydrogen-bond acceptors (Lipinski definition) is 4. The molecule has 2 aromatic heterocycles. The van der Waals surface area contributed by atoms with Crippen molar-refractivity contribution in [3.8, 4) is 5.75 Å². The predicted octanol–water partition coefficient (Wildman–Crippen LogP) is 2.59. The topological polar surface area (TPSA) is 74.0 Å². The highest BCUT2D eigenvalue weighted by Crippen LogP contribution is 2.17. The molecule has 0 saturated carbocycles. The average molecular weight is 360 g/mol. The number of amides is 1. The second kappa shape index (κ2) is 8.34. The fourth-order valence-corrected chi connectivity index (χ4v) is 2.40. The van der Waals surface area contributed by atoms with Crippen molar-refractivity contribution >= 4 is 17.5 Å². The number of carbonyl (C=O) groups excluding carboxylic acids is 1. The van der Waals surface area contributed by atoms with Crippen LogP contribution in [0.3, 0.4) is 0 Å². The molecule has 0 saturated heterocycles. The van der Waals surface area contributed by atoms with Gasteiger partial charge in [-0.3, -0.25) is 9.48 Å². The van der Waals surface area contributed by atoms with E-state index in [2.05, 4.69) is 15.5 Å². The molecule has 1 aromatic carbocycles. The summed E-state index contributed by atoms with van der Waals surface area (Å²) < 4.78 is 8.96. The van der Waals surface area contributed by atoms with Crippen molar-refractivity contribution in [3.63, 3.8) is 0 Å². The van der Waals surface area contributed by atoms with Gasteiger partial charge in [0.05, 0.1) is 0 Å². The molecule has 0 aliphatic heterocycles. The number of benzene rings is 1. The Morgan fingerprint density at radius 3 is 2.92 bits per heavy atom. The number of nitrogens with one attached hydrogen (secondary N) is 1. The number of nitrogens with zero attached hydrogens (tertiary/aromatic N) is 4. The van der Waals surface area contributed by atoms with Gasteiger partial charge in [0.15, 0.2) is 6.73 Å². The molecule has 0 atom stereocenters. The van der Waals surface area contributed by atoms with Crippen LogP contribution in [-0.2, 0) is 13.3 Å². The summed E-state index contributed by atoms with van der Waals surface area (Å²) in [7, 11) is 0. The zero-order valence-corrected chi connectivity index (χ0v) is 14.3. The van der Waals surface area contributed by atoms with Gasteiger partial charge in [0.2, 0.25) is 0 Å². The molecule has 1 N–H and O–H groups in total. The zero-order valence-electron chi connectivity index (χ0n) is 13.5. The molecule has 0 radical (unpaired) electrons. The summed E-state index contributed by atoms with van der Waals surface area (Å²) in [5.41, 5.74) is 0.355. The SMILES string of the molecule is O=C(NCCCn1cccn1)c1ccn(COc2cccc(Cl)c2)n1. The van der Waals surface area contributed by atoms with E-state index in [9.17, 15) is 4.79 Å². The summed E-state index contributed by atoms with van der Waals surface area (Å²) in [4.78, 5) is 12.1. The second-order valence-corrected chi connectivity index (χ2v) is 5.79. The van der Waals surface area contributed by atoms with Crippen molar-refractivity contribution in [2.45, 2.75) is 19.7 Å². The van der Waals surface area contributed by atoms with E-state index in [1.807, 2.05) is 29.1 Å². The smallest absolute Gasteiger partial charge is 0.271 e. The molecule has 0 aliphatic rings. The van der Waals surface area contributed by atoms with Crippen LogP contribution in [0.1, 0.15) is 16.9 Å². The lowest BCUT2D eigenvalue weighted by atomic mass is 10.3. The maximum absolute atomic E-state index is 12.1. The average Bonchev–Trinajstić information content (AvgIpc) is 3.28. The van der Waals surface area contributed by atoms with Gasteiger partial charge in [0.25, 0.3) is 5.91 Å². The number of hydrogen-bond donors (Lipinski definition) is 1. The molecule has 8 heteroatoms. The highest BCUT2D eigenvalue weighted by atomic mass is 35.5. The maximum atomic E-state index is 12.1. The molecule has 0 spiro atoms. The van der Waals surface area contributed by atoms with E-state index in [0.29, 0.717) is 23.0 Å². The molecular weight excluding hydrogens is 342 g/mol. The zero-order chi connectivity index (χ0) is 17.5. The third-order valence-corrected chi connectivity index (χ3v) is 3.68. The molecule has 2 heterocycles. The lowest BCUT2D eigenvalue weighted by Gasteiger charge is -2.06. The van der Waals surface area contributed by atoms with Gasteiger partial charge in [-0.2, -0.15) is 10.2 Å². The molecule has 0 unspecified atom stereocenters. The highest BCUT2D eigenvalue weighted by molar-refractivity contribution is 6.30. The first kappa shape index (κ1) is 17.0. The first-order valence-corrected chi connectivity index (χ1v) is 8.26. The van der Waals surface area contributed by atoms with Crippen LogP contribution in [0.5, 0.6) is 5.75 Å². The summed E-state index contributed by atoms with van der Waals surface area (Å²) in [6.07, 6.45) is 6.12. The number of carbonyl (C=O) groups is 1. The van der Waals surface area contributed by atoms with Crippen molar-refractivity contribution in [2.24, 2.45) is 0 Å². The van der Waals surface area contributed by atoms with E-state index < -0.39 is 0 Å². The molecule has 0 bridgehead atoms. The van der Waals surface area contributed by atoms with Crippen molar-refractivity contribution in [2.75, 3.05) is 6.54 Å². The number of ether oxygens (including phenoxy) is 1. The van der Waals surface area contributed by atoms with Crippen LogP contribution in [0, 0.1) is 0 Å². The lowest BCUT2D eigenvalue weighted by molar-refractivity contribution is 0.0945. The molecule has 3 aromatic rings. The van der Waals surface area contributed by atoms with Crippen LogP contribution >= 0.6 is 11.6 Å². The van der Waals surface area contributed by atoms with Crippen molar-refractivity contribution < 1.29 is 9.53 Å². The molecule has 0 aliphatic carbocycles. The second-order valence-electron chi connectivity index (χ2n) is 5.35. The number of halogens is 1. The molecular formula is C17H18ClN5O2. The Hall–Kier alpha value is -2.80. The Balaban J connectivity index is 1.43. The van der Waals surface area contributed by atoms with Gasteiger partial charge in [-0.25, -0.2) is 4.68 Å². The first-order valence-electron chi connectivity index (χ1n) is 7.88. The van der Waals surface area contributed by atoms with E-state index in [4.69, 9.17) is 16.3 Å². The van der Waals surface area contributed by atoms with Gasteiger partial charge >= 0.3 is 0 Å². The van der Waals surface area contributed by atoms with Crippen LogP contribution in [0.15, 0.2) is 55.0 Å². The third-order valence-electron chi connectivity index (χ3n) is 3.44. The van der Waals surface area contributed by atoms with E-state index in [0.717, 1.165) is 13.0 Å². The Morgan fingerprint density at radius 1 is 1.20 bits per heavy atom. The summed E-state index contributed by atoms with van der Waals surface area (Å²) >= 11 is 5.90. The minimum absolute atomic E-state index is 0.201. The molecule has 25 heavy (non-hydrogen) atoms. The van der Waals surface area contributed by atoms with Crippen LogP contribution in [0.2, 0.25) is 5.02 Å². The van der Waals surface area contributed by atoms with Gasteiger partial charge in [0, 0.05) is 36.7 Å². The van der Waals surface area contributed by atoms with E-state index >= 15 is 0 Å². The van der Waals surface area contributed by atoms with Gasteiger partial charge in [-0.15, -0.1) is 0 Å². The molecule has 0 fully saturated rings. The van der Waals surface area contributed by atoms with Gasteiger partial charge in [-0.1, -0.05) is 17.7 Å². The number of aromatic nitrogens is 4. The van der Waals surface area contributed by atoms with Gasteiger partial charge in [-0.05, 0) is 36.8 Å². The van der Waals surface area contributed by atoms with Crippen molar-refractivity contribution in [1.82, 2.24) is 24.9 Å². The molecule has 7 nitrogen and oxygen atoms in total. The van der Waals surface area contributed by atoms with Gasteiger partial charge < -0.3 is 10.1 Å². The third kappa shape index (κ3) is 5.09. The number of rotatable bonds is 8. The van der Waals surface area contributed by atoms with Crippen LogP contribution in [0.4, 0.5) is 0 Å². The monoisotopic (exact) mass is 359 g/mol. The fraction of sp³-hybridized carbons (Fsp3) is 0.235. The van der Waals surface area contributed by atoms with Crippen LogP contribution < -0.4 is 10.1 Å². The lowest BCUT2D eigenvalue weighted by Crippen LogP contribution is -2.26. The van der Waals surface area contributed by atoms with E-state index in [-0.39, 0.29) is 12.6 Å². The Morgan fingerprint density at radius 2 is 2.12 bits per heavy atom. The highest BCUT2D eigenvalue weighted by Gasteiger charge is 2.09. The largest absolute Gasteiger partial charge is 0.471 e. The summed E-state index contributed by atoms with van der Waals surface area (Å²) in [5.74, 6) is 0.439. The van der Waals surface area contributed by atoms with Crippen molar-refractivity contribution in [3.05, 3.63) is 65.7 Å². The summed E-state index contributed by atoms with van der Waals surface area (Å²) in [6.45, 7) is 1.52. The summed E-state index contributed by atoms with van der Waals surface area (Å²) in [5, 5.41) is 11.8. The summed E-state index contributed by atoms with van der Waals surface area (Å²) in [6, 6.07) is 10.6. The maximum Gasteiger partial charge on any atom is 0.271 e. The Bertz CT molecular complexity index is 816. The van der Waals surface area contributed by atoms with Crippen LogP contribution in [-0.4, -0.2) is 32.0 Å². The minimum Gasteiger partial charge on any atom is -0.471 e. The minimum atomic E-state index is -0.207.